The third-order valence-corrected chi connectivity index (χ3v) is 19.4. The van der Waals surface area contributed by atoms with Crippen LogP contribution in [0.4, 0.5) is 22.7 Å². The van der Waals surface area contributed by atoms with Crippen LogP contribution < -0.4 is 14.5 Å². The molecule has 6 nitrogen and oxygen atoms in total. The van der Waals surface area contributed by atoms with Gasteiger partial charge in [0, 0.05) is 94.4 Å². The molecule has 5 heterocycles. The summed E-state index contributed by atoms with van der Waals surface area (Å²) in [6, 6.07) is 92.5. The van der Waals surface area contributed by atoms with E-state index in [-0.39, 0.29) is 42.7 Å². The van der Waals surface area contributed by atoms with Crippen molar-refractivity contribution in [3.8, 4) is 78.6 Å². The molecule has 2 aliphatic rings. The molecule has 11 aromatic carbocycles. The van der Waals surface area contributed by atoms with Crippen molar-refractivity contribution in [2.24, 2.45) is 0 Å². The number of ether oxygens (including phenoxy) is 1. The fraction of sp³-hybridized carbons (Fsp3) is 0.182. The van der Waals surface area contributed by atoms with Gasteiger partial charge in [0.1, 0.15) is 5.82 Å². The van der Waals surface area contributed by atoms with Crippen LogP contribution in [0.5, 0.6) is 11.5 Å². The summed E-state index contributed by atoms with van der Waals surface area (Å²) >= 11 is 0. The van der Waals surface area contributed by atoms with Gasteiger partial charge in [-0.2, -0.15) is 12.1 Å². The molecule has 0 fully saturated rings. The van der Waals surface area contributed by atoms with E-state index in [0.717, 1.165) is 72.8 Å². The summed E-state index contributed by atoms with van der Waals surface area (Å²) in [6.07, 6.45) is 1.94. The zero-order chi connectivity index (χ0) is 64.7. The molecule has 0 atom stereocenters. The van der Waals surface area contributed by atoms with E-state index >= 15 is 0 Å². The van der Waals surface area contributed by atoms with E-state index in [1.807, 2.05) is 12.3 Å². The quantitative estimate of drug-likeness (QED) is 0.142. The number of anilines is 4. The smallest absolute Gasteiger partial charge is 0.135 e. The molecular formula is C88H76N5OPt-3. The van der Waals surface area contributed by atoms with E-state index in [4.69, 9.17) is 9.72 Å². The van der Waals surface area contributed by atoms with Gasteiger partial charge in [-0.1, -0.05) is 240 Å². The van der Waals surface area contributed by atoms with Gasteiger partial charge in [-0.3, -0.25) is 0 Å². The minimum Gasteiger partial charge on any atom is -0.509 e. The van der Waals surface area contributed by atoms with Crippen molar-refractivity contribution in [3.63, 3.8) is 0 Å². The van der Waals surface area contributed by atoms with Gasteiger partial charge in [0.2, 0.25) is 0 Å². The van der Waals surface area contributed by atoms with Crippen molar-refractivity contribution >= 4 is 66.4 Å². The molecule has 0 amide bonds. The van der Waals surface area contributed by atoms with E-state index in [1.54, 1.807) is 0 Å². The third kappa shape index (κ3) is 10.5. The maximum atomic E-state index is 7.07. The second-order valence-corrected chi connectivity index (χ2v) is 29.8. The molecule has 3 aromatic heterocycles. The average Bonchev–Trinajstić information content (AvgIpc) is 1.54. The van der Waals surface area contributed by atoms with Crippen molar-refractivity contribution in [1.82, 2.24) is 14.1 Å². The number of hydrogen-bond acceptors (Lipinski definition) is 4. The Morgan fingerprint density at radius 2 is 0.947 bits per heavy atom. The van der Waals surface area contributed by atoms with Crippen molar-refractivity contribution in [2.75, 3.05) is 9.80 Å². The number of fused-ring (bicyclic) bond motifs is 13. The topological polar surface area (TPSA) is 38.5 Å². The molecule has 7 heteroatoms. The van der Waals surface area contributed by atoms with Gasteiger partial charge in [0.15, 0.2) is 0 Å². The average molecular weight is 1410 g/mol. The summed E-state index contributed by atoms with van der Waals surface area (Å²) in [6.45, 7) is 29.9. The Hall–Kier alpha value is -9.74. The van der Waals surface area contributed by atoms with Crippen LogP contribution in [-0.2, 0) is 42.7 Å². The Balaban J connectivity index is 0.00000743. The number of aromatic nitrogens is 3. The van der Waals surface area contributed by atoms with Crippen molar-refractivity contribution in [1.29, 1.82) is 0 Å². The van der Waals surface area contributed by atoms with Gasteiger partial charge in [0.25, 0.3) is 0 Å². The van der Waals surface area contributed by atoms with Crippen molar-refractivity contribution in [3.05, 3.63) is 278 Å². The summed E-state index contributed by atoms with van der Waals surface area (Å²) in [5.41, 5.74) is 25.9. The van der Waals surface area contributed by atoms with Crippen LogP contribution in [0.2, 0.25) is 0 Å². The number of pyridine rings is 1. The summed E-state index contributed by atoms with van der Waals surface area (Å²) in [5.74, 6) is 1.96. The first-order chi connectivity index (χ1) is 45.1. The minimum absolute atomic E-state index is 0. The van der Waals surface area contributed by atoms with E-state index in [1.165, 1.54) is 83.0 Å². The van der Waals surface area contributed by atoms with E-state index < -0.39 is 0 Å². The molecule has 0 N–H and O–H groups in total. The van der Waals surface area contributed by atoms with Gasteiger partial charge in [0.05, 0.1) is 16.7 Å². The maximum Gasteiger partial charge on any atom is 0.135 e. The summed E-state index contributed by atoms with van der Waals surface area (Å²) in [5, 5.41) is 4.66. The third-order valence-electron chi connectivity index (χ3n) is 19.4. The Labute approximate surface area is 573 Å². The Morgan fingerprint density at radius 3 is 1.66 bits per heavy atom. The van der Waals surface area contributed by atoms with Crippen molar-refractivity contribution in [2.45, 2.75) is 105 Å². The van der Waals surface area contributed by atoms with Gasteiger partial charge >= 0.3 is 0 Å². The second kappa shape index (κ2) is 22.7. The first kappa shape index (κ1) is 61.4. The van der Waals surface area contributed by atoms with Gasteiger partial charge in [-0.05, 0) is 131 Å². The zero-order valence-corrected chi connectivity index (χ0v) is 58.3. The van der Waals surface area contributed by atoms with E-state index in [2.05, 4.69) is 345 Å². The fourth-order valence-electron chi connectivity index (χ4n) is 14.4. The number of rotatable bonds is 8. The minimum atomic E-state index is -0.118. The van der Waals surface area contributed by atoms with Gasteiger partial charge < -0.3 is 23.7 Å². The predicted molar refractivity (Wildman–Crippen MR) is 394 cm³/mol. The molecule has 14 aromatic rings. The second-order valence-electron chi connectivity index (χ2n) is 29.8. The normalized spacial score (nSPS) is 13.1. The first-order valence-corrected chi connectivity index (χ1v) is 33.0. The van der Waals surface area contributed by atoms with Crippen LogP contribution in [0, 0.1) is 18.8 Å². The number of benzene rings is 11. The van der Waals surface area contributed by atoms with Crippen LogP contribution >= 0.6 is 0 Å². The molecule has 472 valence electrons. The van der Waals surface area contributed by atoms with Crippen LogP contribution in [0.25, 0.3) is 111 Å². The molecule has 0 unspecified atom stereocenters. The number of para-hydroxylation sites is 5. The van der Waals surface area contributed by atoms with E-state index in [0.29, 0.717) is 11.5 Å². The molecule has 16 rings (SSSR count). The number of hydrogen-bond donors (Lipinski definition) is 0. The molecule has 0 spiro atoms. The molecule has 0 saturated carbocycles. The maximum absolute atomic E-state index is 7.07. The Kier molecular flexibility index (Phi) is 14.7. The molecule has 0 bridgehead atoms. The van der Waals surface area contributed by atoms with Gasteiger partial charge in [-0.15, -0.1) is 48.1 Å². The monoisotopic (exact) mass is 1410 g/mol. The molecule has 2 aliphatic heterocycles. The predicted octanol–water partition coefficient (Wildman–Crippen LogP) is 23.9. The fourth-order valence-corrected chi connectivity index (χ4v) is 14.4. The summed E-state index contributed by atoms with van der Waals surface area (Å²) in [4.78, 5) is 9.84. The molecule has 0 aliphatic carbocycles. The zero-order valence-electron chi connectivity index (χ0n) is 56.1. The van der Waals surface area contributed by atoms with Crippen LogP contribution in [0.1, 0.15) is 105 Å². The van der Waals surface area contributed by atoms with Crippen LogP contribution in [0.15, 0.2) is 237 Å². The summed E-state index contributed by atoms with van der Waals surface area (Å²) < 4.78 is 11.9. The summed E-state index contributed by atoms with van der Waals surface area (Å²) in [7, 11) is 0. The SMILES string of the molecule is CC(C)(C)c1cc(-c2ccccc2)cc(-c2cccc(-c3cc(C(C)(C)C)cc(C(C)(C)C)c3)c2N2[CH-]N(c3[c-]c(Oc4[c-]c5c(cc4)c4c6c(ccc4n5-c4cc(C(C)(C)C)ccn4)-n4c5ccccc5c5cccc(c54)-c4ccccc4-6)ccc3)c3ccccc32)c1.[Pt]. The van der Waals surface area contributed by atoms with Crippen LogP contribution in [0.3, 0.4) is 0 Å². The van der Waals surface area contributed by atoms with Gasteiger partial charge in [-0.25, -0.2) is 4.98 Å². The molecule has 95 heavy (non-hydrogen) atoms. The first-order valence-electron chi connectivity index (χ1n) is 33.0. The Morgan fingerprint density at radius 1 is 0.379 bits per heavy atom. The van der Waals surface area contributed by atoms with Crippen molar-refractivity contribution < 1.29 is 25.8 Å². The molecular weight excluding hydrogens is 1340 g/mol. The van der Waals surface area contributed by atoms with E-state index in [9.17, 15) is 0 Å². The Bertz CT molecular complexity index is 5360. The van der Waals surface area contributed by atoms with Crippen LogP contribution in [-0.4, -0.2) is 14.1 Å². The number of nitrogens with zero attached hydrogens (tertiary/aromatic N) is 5. The standard InChI is InChI=1S/C88H76N5O.Pt/c1-85(2,3)59-43-44-89-80(51-59)92-77-41-42-78-81(70-31-17-16-29-68(70)71-34-24-35-72-69-30-18-19-36-74(69)93(78)84(71)72)82(77)73-40-39-65(53-79(73)92)94-64-28-22-27-63(52-64)90-54-91(76-38-21-20-37-75(76)90)83-66(57-45-56(55-25-14-13-15-26-55)46-60(47-57)86(4,5)6)32-23-33-67(83)58-48-61(87(7,8)9)50-62(49-58)88(10,11)12;/h13-51,54H,1-12H3;/q-3;. The largest absolute Gasteiger partial charge is 0.509 e. The molecule has 0 saturated heterocycles. The molecule has 0 radical (unpaired) electrons.